The lowest BCUT2D eigenvalue weighted by Crippen LogP contribution is -2.33. The standard InChI is InChI=1S/C11H13BrN4O/c1-15(8-5-6-17-7-8)10-4-2-3-9-13-11(12)14-16(9)10/h2-4,8H,5-7H2,1H3. The zero-order valence-corrected chi connectivity index (χ0v) is 11.1. The molecule has 0 bridgehead atoms. The lowest BCUT2D eigenvalue weighted by molar-refractivity contribution is 0.193. The van der Waals surface area contributed by atoms with E-state index in [1.807, 2.05) is 22.7 Å². The highest BCUT2D eigenvalue weighted by Gasteiger charge is 2.22. The lowest BCUT2D eigenvalue weighted by atomic mass is 10.2. The molecule has 3 heterocycles. The Kier molecular flexibility index (Phi) is 2.76. The van der Waals surface area contributed by atoms with Gasteiger partial charge in [0, 0.05) is 13.7 Å². The molecule has 2 aromatic rings. The average Bonchev–Trinajstić information content (AvgIpc) is 2.94. The Labute approximate surface area is 108 Å². The zero-order chi connectivity index (χ0) is 11.8. The minimum absolute atomic E-state index is 0.420. The Balaban J connectivity index is 2.03. The predicted molar refractivity (Wildman–Crippen MR) is 68.3 cm³/mol. The second-order valence-corrected chi connectivity index (χ2v) is 4.87. The summed E-state index contributed by atoms with van der Waals surface area (Å²) in [4.78, 5) is 6.50. The highest BCUT2D eigenvalue weighted by molar-refractivity contribution is 9.10. The van der Waals surface area contributed by atoms with E-state index in [-0.39, 0.29) is 0 Å². The van der Waals surface area contributed by atoms with Crippen LogP contribution in [0.1, 0.15) is 6.42 Å². The molecular weight excluding hydrogens is 284 g/mol. The zero-order valence-electron chi connectivity index (χ0n) is 9.51. The third kappa shape index (κ3) is 1.91. The van der Waals surface area contributed by atoms with Gasteiger partial charge in [-0.3, -0.25) is 0 Å². The van der Waals surface area contributed by atoms with E-state index in [0.717, 1.165) is 31.1 Å². The number of pyridine rings is 1. The van der Waals surface area contributed by atoms with E-state index in [2.05, 4.69) is 38.0 Å². The van der Waals surface area contributed by atoms with Gasteiger partial charge < -0.3 is 9.64 Å². The van der Waals surface area contributed by atoms with Crippen molar-refractivity contribution in [1.82, 2.24) is 14.6 Å². The highest BCUT2D eigenvalue weighted by Crippen LogP contribution is 2.21. The summed E-state index contributed by atoms with van der Waals surface area (Å²) >= 11 is 3.31. The molecule has 1 atom stereocenters. The summed E-state index contributed by atoms with van der Waals surface area (Å²) in [6, 6.07) is 6.41. The maximum Gasteiger partial charge on any atom is 0.218 e. The summed E-state index contributed by atoms with van der Waals surface area (Å²) in [6.07, 6.45) is 1.06. The van der Waals surface area contributed by atoms with Crippen molar-refractivity contribution in [3.8, 4) is 0 Å². The van der Waals surface area contributed by atoms with Gasteiger partial charge in [0.25, 0.3) is 0 Å². The number of ether oxygens (including phenoxy) is 1. The van der Waals surface area contributed by atoms with Crippen LogP contribution < -0.4 is 4.90 Å². The van der Waals surface area contributed by atoms with Gasteiger partial charge in [-0.15, -0.1) is 5.10 Å². The molecule has 0 aromatic carbocycles. The third-order valence-corrected chi connectivity index (χ3v) is 3.46. The number of fused-ring (bicyclic) bond motifs is 1. The fourth-order valence-electron chi connectivity index (χ4n) is 2.15. The van der Waals surface area contributed by atoms with Gasteiger partial charge in [0.1, 0.15) is 5.82 Å². The number of halogens is 1. The summed E-state index contributed by atoms with van der Waals surface area (Å²) < 4.78 is 7.88. The van der Waals surface area contributed by atoms with Crippen molar-refractivity contribution in [2.45, 2.75) is 12.5 Å². The van der Waals surface area contributed by atoms with Crippen LogP contribution in [0.2, 0.25) is 0 Å². The number of nitrogens with zero attached hydrogens (tertiary/aromatic N) is 4. The Morgan fingerprint density at radius 2 is 2.41 bits per heavy atom. The van der Waals surface area contributed by atoms with Crippen LogP contribution in [0.25, 0.3) is 5.65 Å². The van der Waals surface area contributed by atoms with Crippen LogP contribution in [0, 0.1) is 0 Å². The van der Waals surface area contributed by atoms with E-state index in [9.17, 15) is 0 Å². The largest absolute Gasteiger partial charge is 0.379 e. The van der Waals surface area contributed by atoms with Gasteiger partial charge in [0.2, 0.25) is 4.73 Å². The SMILES string of the molecule is CN(c1cccc2nc(Br)nn12)C1CCOC1. The smallest absolute Gasteiger partial charge is 0.218 e. The first kappa shape index (κ1) is 11.0. The topological polar surface area (TPSA) is 42.7 Å². The minimum atomic E-state index is 0.420. The fourth-order valence-corrected chi connectivity index (χ4v) is 2.49. The summed E-state index contributed by atoms with van der Waals surface area (Å²) in [7, 11) is 2.07. The molecule has 90 valence electrons. The molecule has 0 saturated carbocycles. The second-order valence-electron chi connectivity index (χ2n) is 4.16. The van der Waals surface area contributed by atoms with Gasteiger partial charge in [-0.1, -0.05) is 6.07 Å². The van der Waals surface area contributed by atoms with Crippen molar-refractivity contribution in [2.24, 2.45) is 0 Å². The molecule has 0 aliphatic carbocycles. The van der Waals surface area contributed by atoms with Crippen molar-refractivity contribution in [1.29, 1.82) is 0 Å². The molecule has 17 heavy (non-hydrogen) atoms. The Morgan fingerprint density at radius 3 is 3.18 bits per heavy atom. The van der Waals surface area contributed by atoms with Crippen LogP contribution in [0.4, 0.5) is 5.82 Å². The van der Waals surface area contributed by atoms with Crippen LogP contribution in [0.5, 0.6) is 0 Å². The molecule has 0 amide bonds. The molecular formula is C11H13BrN4O. The van der Waals surface area contributed by atoms with E-state index in [4.69, 9.17) is 4.74 Å². The molecule has 1 unspecified atom stereocenters. The first-order chi connectivity index (χ1) is 8.25. The van der Waals surface area contributed by atoms with Crippen LogP contribution in [-0.2, 0) is 4.74 Å². The molecule has 0 spiro atoms. The predicted octanol–water partition coefficient (Wildman–Crippen LogP) is 1.72. The molecule has 5 nitrogen and oxygen atoms in total. The maximum atomic E-state index is 5.42. The van der Waals surface area contributed by atoms with Gasteiger partial charge in [0.15, 0.2) is 5.65 Å². The maximum absolute atomic E-state index is 5.42. The van der Waals surface area contributed by atoms with Crippen LogP contribution in [0.15, 0.2) is 22.9 Å². The van der Waals surface area contributed by atoms with Gasteiger partial charge in [-0.2, -0.15) is 4.52 Å². The molecule has 1 aliphatic heterocycles. The molecule has 2 aromatic heterocycles. The first-order valence-electron chi connectivity index (χ1n) is 5.57. The second kappa shape index (κ2) is 4.27. The van der Waals surface area contributed by atoms with Crippen LogP contribution in [-0.4, -0.2) is 40.9 Å². The minimum Gasteiger partial charge on any atom is -0.379 e. The normalized spacial score (nSPS) is 20.0. The van der Waals surface area contributed by atoms with Crippen molar-refractivity contribution >= 4 is 27.4 Å². The van der Waals surface area contributed by atoms with Gasteiger partial charge in [-0.25, -0.2) is 4.98 Å². The highest BCUT2D eigenvalue weighted by atomic mass is 79.9. The molecule has 1 saturated heterocycles. The number of anilines is 1. The Hall–Kier alpha value is -1.14. The van der Waals surface area contributed by atoms with Crippen molar-refractivity contribution in [2.75, 3.05) is 25.2 Å². The molecule has 1 fully saturated rings. The summed E-state index contributed by atoms with van der Waals surface area (Å²) in [5, 5.41) is 4.35. The molecule has 1 aliphatic rings. The molecule has 6 heteroatoms. The molecule has 0 N–H and O–H groups in total. The Morgan fingerprint density at radius 1 is 1.53 bits per heavy atom. The quantitative estimate of drug-likeness (QED) is 0.846. The summed E-state index contributed by atoms with van der Waals surface area (Å²) in [6.45, 7) is 1.62. The lowest BCUT2D eigenvalue weighted by Gasteiger charge is -2.25. The first-order valence-corrected chi connectivity index (χ1v) is 6.37. The van der Waals surface area contributed by atoms with Crippen LogP contribution in [0.3, 0.4) is 0 Å². The van der Waals surface area contributed by atoms with E-state index >= 15 is 0 Å². The van der Waals surface area contributed by atoms with Gasteiger partial charge >= 0.3 is 0 Å². The summed E-state index contributed by atoms with van der Waals surface area (Å²) in [5.74, 6) is 1.04. The number of hydrogen-bond acceptors (Lipinski definition) is 4. The van der Waals surface area contributed by atoms with Crippen molar-refractivity contribution in [3.05, 3.63) is 22.9 Å². The number of aromatic nitrogens is 3. The summed E-state index contributed by atoms with van der Waals surface area (Å²) in [5.41, 5.74) is 0.847. The molecule has 0 radical (unpaired) electrons. The number of hydrogen-bond donors (Lipinski definition) is 0. The third-order valence-electron chi connectivity index (χ3n) is 3.13. The van der Waals surface area contributed by atoms with E-state index in [0.29, 0.717) is 10.8 Å². The fraction of sp³-hybridized carbons (Fsp3) is 0.455. The van der Waals surface area contributed by atoms with E-state index in [1.165, 1.54) is 0 Å². The average molecular weight is 297 g/mol. The van der Waals surface area contributed by atoms with E-state index < -0.39 is 0 Å². The molecule has 3 rings (SSSR count). The van der Waals surface area contributed by atoms with Crippen molar-refractivity contribution < 1.29 is 4.74 Å². The van der Waals surface area contributed by atoms with E-state index in [1.54, 1.807) is 0 Å². The number of likely N-dealkylation sites (N-methyl/N-ethyl adjacent to an activating group) is 1. The van der Waals surface area contributed by atoms with Crippen LogP contribution >= 0.6 is 15.9 Å². The van der Waals surface area contributed by atoms with Gasteiger partial charge in [-0.05, 0) is 34.5 Å². The number of rotatable bonds is 2. The van der Waals surface area contributed by atoms with Crippen molar-refractivity contribution in [3.63, 3.8) is 0 Å². The Bertz CT molecular complexity index is 535. The monoisotopic (exact) mass is 296 g/mol. The van der Waals surface area contributed by atoms with Gasteiger partial charge in [0.05, 0.1) is 12.6 Å².